The lowest BCUT2D eigenvalue weighted by atomic mass is 9.92. The Bertz CT molecular complexity index is 1100. The van der Waals surface area contributed by atoms with Crippen molar-refractivity contribution in [1.82, 2.24) is 25.1 Å². The maximum absolute atomic E-state index is 13.6. The fraction of sp³-hybridized carbons (Fsp3) is 0.464. The first-order valence-electron chi connectivity index (χ1n) is 13.0. The Labute approximate surface area is 218 Å². The minimum absolute atomic E-state index is 0.00862. The van der Waals surface area contributed by atoms with E-state index in [1.807, 2.05) is 36.9 Å². The van der Waals surface area contributed by atoms with Crippen molar-refractivity contribution in [1.29, 1.82) is 0 Å². The second-order valence-electron chi connectivity index (χ2n) is 9.93. The molecular formula is C28H36FN5O3. The second kappa shape index (κ2) is 11.7. The van der Waals surface area contributed by atoms with E-state index in [4.69, 9.17) is 0 Å². The van der Waals surface area contributed by atoms with Gasteiger partial charge in [0.15, 0.2) is 0 Å². The number of nitrogens with one attached hydrogen (secondary N) is 1. The van der Waals surface area contributed by atoms with Crippen LogP contribution in [0.4, 0.5) is 9.18 Å². The van der Waals surface area contributed by atoms with E-state index in [1.54, 1.807) is 34.1 Å². The van der Waals surface area contributed by atoms with Crippen LogP contribution in [0.5, 0.6) is 0 Å². The average Bonchev–Trinajstić information content (AvgIpc) is 2.89. The number of benzene rings is 2. The Kier molecular flexibility index (Phi) is 8.43. The minimum atomic E-state index is -0.617. The number of amides is 4. The van der Waals surface area contributed by atoms with Gasteiger partial charge >= 0.3 is 6.03 Å². The normalized spacial score (nSPS) is 21.1. The van der Waals surface area contributed by atoms with Crippen LogP contribution in [-0.2, 0) is 22.6 Å². The van der Waals surface area contributed by atoms with Gasteiger partial charge in [0.25, 0.3) is 0 Å². The zero-order valence-corrected chi connectivity index (χ0v) is 21.8. The Hall–Kier alpha value is -3.46. The number of carbonyl (C=O) groups excluding carboxylic acids is 3. The molecule has 198 valence electrons. The molecule has 0 bridgehead atoms. The largest absolute Gasteiger partial charge is 0.337 e. The monoisotopic (exact) mass is 509 g/mol. The van der Waals surface area contributed by atoms with Gasteiger partial charge in [0, 0.05) is 20.1 Å². The molecule has 2 aromatic rings. The SMILES string of the molecule is CCC(C)[C@H]1C(=O)N(CCCc2ccccc2)C[C@H]2N1C(=O)CN(C)N2C(=O)NCc1ccc(F)cc1. The lowest BCUT2D eigenvalue weighted by molar-refractivity contribution is -0.190. The second-order valence-corrected chi connectivity index (χ2v) is 9.93. The van der Waals surface area contributed by atoms with Crippen LogP contribution in [0, 0.1) is 11.7 Å². The summed E-state index contributed by atoms with van der Waals surface area (Å²) in [7, 11) is 1.71. The number of fused-ring (bicyclic) bond motifs is 1. The van der Waals surface area contributed by atoms with E-state index in [0.717, 1.165) is 24.8 Å². The van der Waals surface area contributed by atoms with E-state index < -0.39 is 12.2 Å². The summed E-state index contributed by atoms with van der Waals surface area (Å²) in [6.07, 6.45) is 1.76. The van der Waals surface area contributed by atoms with Crippen molar-refractivity contribution in [2.45, 2.75) is 51.9 Å². The topological polar surface area (TPSA) is 76.2 Å². The fourth-order valence-electron chi connectivity index (χ4n) is 5.18. The first kappa shape index (κ1) is 26.6. The number of halogens is 1. The maximum Gasteiger partial charge on any atom is 0.334 e. The predicted molar refractivity (Wildman–Crippen MR) is 138 cm³/mol. The number of nitrogens with zero attached hydrogens (tertiary/aromatic N) is 4. The highest BCUT2D eigenvalue weighted by Crippen LogP contribution is 2.30. The minimum Gasteiger partial charge on any atom is -0.337 e. The number of urea groups is 1. The number of hydrogen-bond acceptors (Lipinski definition) is 4. The smallest absolute Gasteiger partial charge is 0.334 e. The third-order valence-electron chi connectivity index (χ3n) is 7.36. The van der Waals surface area contributed by atoms with E-state index >= 15 is 0 Å². The van der Waals surface area contributed by atoms with Crippen molar-refractivity contribution in [3.63, 3.8) is 0 Å². The Balaban J connectivity index is 1.53. The van der Waals surface area contributed by atoms with Crippen molar-refractivity contribution < 1.29 is 18.8 Å². The van der Waals surface area contributed by atoms with Gasteiger partial charge in [0.1, 0.15) is 18.0 Å². The number of hydrogen-bond donors (Lipinski definition) is 1. The summed E-state index contributed by atoms with van der Waals surface area (Å²) in [5.41, 5.74) is 1.97. The molecule has 1 unspecified atom stereocenters. The molecule has 2 aliphatic heterocycles. The van der Waals surface area contributed by atoms with Crippen LogP contribution in [0.15, 0.2) is 54.6 Å². The molecule has 2 saturated heterocycles. The first-order chi connectivity index (χ1) is 17.8. The van der Waals surface area contributed by atoms with Gasteiger partial charge < -0.3 is 15.1 Å². The molecule has 2 aliphatic rings. The number of carbonyl (C=O) groups is 3. The molecule has 0 spiro atoms. The van der Waals surface area contributed by atoms with Gasteiger partial charge in [-0.2, -0.15) is 0 Å². The summed E-state index contributed by atoms with van der Waals surface area (Å²) in [4.78, 5) is 43.7. The molecule has 2 aromatic carbocycles. The number of piperazine rings is 1. The molecular weight excluding hydrogens is 473 g/mol. The summed E-state index contributed by atoms with van der Waals surface area (Å²) in [6.45, 7) is 5.02. The maximum atomic E-state index is 13.6. The van der Waals surface area contributed by atoms with Crippen LogP contribution in [0.2, 0.25) is 0 Å². The van der Waals surface area contributed by atoms with Gasteiger partial charge in [0.2, 0.25) is 11.8 Å². The van der Waals surface area contributed by atoms with Crippen LogP contribution >= 0.6 is 0 Å². The van der Waals surface area contributed by atoms with Crippen LogP contribution in [0.1, 0.15) is 37.8 Å². The number of hydrazine groups is 1. The van der Waals surface area contributed by atoms with E-state index in [1.165, 1.54) is 17.7 Å². The molecule has 0 aliphatic carbocycles. The lowest BCUT2D eigenvalue weighted by Crippen LogP contribution is -2.76. The highest BCUT2D eigenvalue weighted by atomic mass is 19.1. The van der Waals surface area contributed by atoms with Gasteiger partial charge in [-0.1, -0.05) is 62.7 Å². The molecule has 3 atom stereocenters. The summed E-state index contributed by atoms with van der Waals surface area (Å²) in [6, 6.07) is 15.1. The van der Waals surface area contributed by atoms with Crippen molar-refractivity contribution in [3.8, 4) is 0 Å². The van der Waals surface area contributed by atoms with Gasteiger partial charge in [-0.15, -0.1) is 0 Å². The summed E-state index contributed by atoms with van der Waals surface area (Å²) in [5, 5.41) is 6.07. The predicted octanol–water partition coefficient (Wildman–Crippen LogP) is 3.24. The van der Waals surface area contributed by atoms with E-state index in [0.29, 0.717) is 6.54 Å². The van der Waals surface area contributed by atoms with Gasteiger partial charge in [0.05, 0.1) is 13.1 Å². The molecule has 0 saturated carbocycles. The van der Waals surface area contributed by atoms with Crippen molar-refractivity contribution in [3.05, 3.63) is 71.5 Å². The third kappa shape index (κ3) is 5.93. The molecule has 2 heterocycles. The quantitative estimate of drug-likeness (QED) is 0.593. The summed E-state index contributed by atoms with van der Waals surface area (Å²) >= 11 is 0. The highest BCUT2D eigenvalue weighted by molar-refractivity contribution is 5.91. The summed E-state index contributed by atoms with van der Waals surface area (Å²) in [5.74, 6) is -0.598. The molecule has 0 radical (unpaired) electrons. The van der Waals surface area contributed by atoms with Crippen molar-refractivity contribution >= 4 is 17.8 Å². The molecule has 9 heteroatoms. The van der Waals surface area contributed by atoms with Crippen LogP contribution < -0.4 is 5.32 Å². The average molecular weight is 510 g/mol. The van der Waals surface area contributed by atoms with Crippen LogP contribution in [-0.4, -0.2) is 76.6 Å². The third-order valence-corrected chi connectivity index (χ3v) is 7.36. The molecule has 4 amide bonds. The molecule has 8 nitrogen and oxygen atoms in total. The van der Waals surface area contributed by atoms with Gasteiger partial charge in [-0.3, -0.25) is 9.59 Å². The van der Waals surface area contributed by atoms with E-state index in [-0.39, 0.29) is 49.2 Å². The fourth-order valence-corrected chi connectivity index (χ4v) is 5.18. The molecule has 4 rings (SSSR count). The molecule has 1 N–H and O–H groups in total. The summed E-state index contributed by atoms with van der Waals surface area (Å²) < 4.78 is 13.3. The van der Waals surface area contributed by atoms with Crippen molar-refractivity contribution in [2.75, 3.05) is 26.7 Å². The number of aryl methyl sites for hydroxylation is 1. The van der Waals surface area contributed by atoms with Crippen LogP contribution in [0.3, 0.4) is 0 Å². The Morgan fingerprint density at radius 2 is 1.78 bits per heavy atom. The van der Waals surface area contributed by atoms with E-state index in [2.05, 4.69) is 17.4 Å². The first-order valence-corrected chi connectivity index (χ1v) is 13.0. The Morgan fingerprint density at radius 3 is 2.46 bits per heavy atom. The van der Waals surface area contributed by atoms with Crippen molar-refractivity contribution in [2.24, 2.45) is 5.92 Å². The molecule has 37 heavy (non-hydrogen) atoms. The van der Waals surface area contributed by atoms with Gasteiger partial charge in [-0.25, -0.2) is 19.2 Å². The zero-order valence-electron chi connectivity index (χ0n) is 21.8. The van der Waals surface area contributed by atoms with Crippen LogP contribution in [0.25, 0.3) is 0 Å². The highest BCUT2D eigenvalue weighted by Gasteiger charge is 2.51. The standard InChI is InChI=1S/C28H36FN5O3/c1-4-20(2)26-27(36)32(16-8-11-21-9-6-5-7-10-21)18-24-33(26)25(35)19-31(3)34(24)28(37)30-17-22-12-14-23(29)15-13-22/h5-7,9-10,12-15,20,24,26H,4,8,11,16-19H2,1-3H3,(H,30,37)/t20?,24-,26-/m0/s1. The van der Waals surface area contributed by atoms with E-state index in [9.17, 15) is 18.8 Å². The molecule has 2 fully saturated rings. The lowest BCUT2D eigenvalue weighted by Gasteiger charge is -2.55. The Morgan fingerprint density at radius 1 is 1.08 bits per heavy atom. The molecule has 0 aromatic heterocycles. The number of likely N-dealkylation sites (N-methyl/N-ethyl adjacent to an activating group) is 1. The zero-order chi connectivity index (χ0) is 26.5. The number of rotatable bonds is 8. The van der Waals surface area contributed by atoms with Gasteiger partial charge in [-0.05, 0) is 42.0 Å².